The second-order valence-corrected chi connectivity index (χ2v) is 7.34. The molecule has 5 nitrogen and oxygen atoms in total. The Balaban J connectivity index is 1.72. The number of fused-ring (bicyclic) bond motifs is 2. The number of carbonyl (C=O) groups is 1. The molecule has 6 heteroatoms. The zero-order valence-electron chi connectivity index (χ0n) is 13.7. The Kier molecular flexibility index (Phi) is 3.84. The molecular formula is C18H18N4OS. The summed E-state index contributed by atoms with van der Waals surface area (Å²) in [5.41, 5.74) is 3.95. The van der Waals surface area contributed by atoms with E-state index < -0.39 is 0 Å². The second-order valence-electron chi connectivity index (χ2n) is 6.11. The number of rotatable bonds is 3. The second kappa shape index (κ2) is 6.02. The van der Waals surface area contributed by atoms with Gasteiger partial charge in [-0.05, 0) is 30.6 Å². The van der Waals surface area contributed by atoms with Crippen molar-refractivity contribution >= 4 is 23.3 Å². The van der Waals surface area contributed by atoms with E-state index in [1.54, 1.807) is 22.5 Å². The van der Waals surface area contributed by atoms with E-state index in [1.807, 2.05) is 0 Å². The monoisotopic (exact) mass is 338 g/mol. The molecule has 3 aromatic rings. The minimum absolute atomic E-state index is 0.136. The van der Waals surface area contributed by atoms with Crippen molar-refractivity contribution in [1.29, 1.82) is 0 Å². The van der Waals surface area contributed by atoms with Crippen LogP contribution < -0.4 is 0 Å². The number of thioether (sulfide) groups is 1. The lowest BCUT2D eigenvalue weighted by Gasteiger charge is -2.23. The largest absolute Gasteiger partial charge is 0.294 e. The van der Waals surface area contributed by atoms with Crippen LogP contribution in [-0.4, -0.2) is 31.1 Å². The number of nitrogens with zero attached hydrogens (tertiary/aromatic N) is 4. The van der Waals surface area contributed by atoms with Crippen molar-refractivity contribution in [3.63, 3.8) is 0 Å². The van der Waals surface area contributed by atoms with Gasteiger partial charge < -0.3 is 0 Å². The Labute approximate surface area is 144 Å². The van der Waals surface area contributed by atoms with Crippen LogP contribution in [0.25, 0.3) is 5.78 Å². The average molecular weight is 338 g/mol. The van der Waals surface area contributed by atoms with Gasteiger partial charge in [-0.25, -0.2) is 9.50 Å². The van der Waals surface area contributed by atoms with Crippen LogP contribution in [0.1, 0.15) is 46.4 Å². The fourth-order valence-corrected chi connectivity index (χ4v) is 3.68. The van der Waals surface area contributed by atoms with Crippen molar-refractivity contribution in [2.75, 3.05) is 5.75 Å². The highest BCUT2D eigenvalue weighted by Gasteiger charge is 2.28. The van der Waals surface area contributed by atoms with Crippen molar-refractivity contribution < 1.29 is 4.79 Å². The molecule has 1 aliphatic rings. The lowest BCUT2D eigenvalue weighted by atomic mass is 9.82. The minimum Gasteiger partial charge on any atom is -0.294 e. The third kappa shape index (κ3) is 2.71. The molecular weight excluding hydrogens is 320 g/mol. The predicted molar refractivity (Wildman–Crippen MR) is 93.8 cm³/mol. The normalized spacial score (nSPS) is 17.2. The van der Waals surface area contributed by atoms with Gasteiger partial charge in [0.15, 0.2) is 5.78 Å². The summed E-state index contributed by atoms with van der Waals surface area (Å²) < 4.78 is 1.63. The molecule has 24 heavy (non-hydrogen) atoms. The summed E-state index contributed by atoms with van der Waals surface area (Å²) in [7, 11) is 0. The lowest BCUT2D eigenvalue weighted by Crippen LogP contribution is -2.21. The molecule has 0 unspecified atom stereocenters. The molecule has 122 valence electrons. The minimum atomic E-state index is 0.136. The SMILES string of the molecule is CCSc1nc2nc3c(cn2n1)C(=O)C[C@@H](c1ccc(C)cc1)C3. The maximum absolute atomic E-state index is 12.6. The van der Waals surface area contributed by atoms with Crippen molar-refractivity contribution in [3.8, 4) is 0 Å². The van der Waals surface area contributed by atoms with Gasteiger partial charge in [0.25, 0.3) is 5.78 Å². The van der Waals surface area contributed by atoms with E-state index in [4.69, 9.17) is 0 Å². The van der Waals surface area contributed by atoms with Crippen LogP contribution in [0.15, 0.2) is 35.6 Å². The van der Waals surface area contributed by atoms with Crippen LogP contribution in [0.4, 0.5) is 0 Å². The summed E-state index contributed by atoms with van der Waals surface area (Å²) in [5.74, 6) is 1.80. The Morgan fingerprint density at radius 3 is 2.75 bits per heavy atom. The molecule has 0 radical (unpaired) electrons. The van der Waals surface area contributed by atoms with E-state index in [1.165, 1.54) is 11.1 Å². The summed E-state index contributed by atoms with van der Waals surface area (Å²) in [6.45, 7) is 4.13. The van der Waals surface area contributed by atoms with Gasteiger partial charge in [-0.3, -0.25) is 4.79 Å². The Morgan fingerprint density at radius 2 is 2.00 bits per heavy atom. The zero-order valence-corrected chi connectivity index (χ0v) is 14.5. The van der Waals surface area contributed by atoms with Gasteiger partial charge in [-0.2, -0.15) is 4.98 Å². The van der Waals surface area contributed by atoms with E-state index in [0.717, 1.165) is 17.9 Å². The average Bonchev–Trinajstić information content (AvgIpc) is 2.95. The van der Waals surface area contributed by atoms with Gasteiger partial charge in [0, 0.05) is 12.6 Å². The first kappa shape index (κ1) is 15.3. The van der Waals surface area contributed by atoms with Crippen LogP contribution in [0.2, 0.25) is 0 Å². The summed E-state index contributed by atoms with van der Waals surface area (Å²) in [4.78, 5) is 21.7. The molecule has 0 spiro atoms. The van der Waals surface area contributed by atoms with Crippen molar-refractivity contribution in [2.24, 2.45) is 0 Å². The summed E-state index contributed by atoms with van der Waals surface area (Å²) in [5, 5.41) is 5.09. The Morgan fingerprint density at radius 1 is 1.21 bits per heavy atom. The number of Topliss-reactive ketones (excluding diaryl/α,β-unsaturated/α-hetero) is 1. The van der Waals surface area contributed by atoms with Crippen LogP contribution in [0.3, 0.4) is 0 Å². The fraction of sp³-hybridized carbons (Fsp3) is 0.333. The van der Waals surface area contributed by atoms with Gasteiger partial charge >= 0.3 is 0 Å². The van der Waals surface area contributed by atoms with E-state index in [9.17, 15) is 4.79 Å². The van der Waals surface area contributed by atoms with Crippen LogP contribution in [0.5, 0.6) is 0 Å². The molecule has 0 saturated carbocycles. The summed E-state index contributed by atoms with van der Waals surface area (Å²) in [6, 6.07) is 8.42. The molecule has 1 aromatic carbocycles. The molecule has 4 rings (SSSR count). The van der Waals surface area contributed by atoms with E-state index in [-0.39, 0.29) is 11.7 Å². The van der Waals surface area contributed by atoms with Crippen molar-refractivity contribution in [2.45, 2.75) is 37.8 Å². The highest BCUT2D eigenvalue weighted by molar-refractivity contribution is 7.99. The number of hydrogen-bond acceptors (Lipinski definition) is 5. The number of benzene rings is 1. The molecule has 1 aliphatic carbocycles. The summed E-state index contributed by atoms with van der Waals surface area (Å²) >= 11 is 1.58. The molecule has 1 atom stereocenters. The maximum atomic E-state index is 12.6. The first-order valence-electron chi connectivity index (χ1n) is 8.13. The molecule has 0 aliphatic heterocycles. The van der Waals surface area contributed by atoms with Gasteiger partial charge in [0.2, 0.25) is 5.16 Å². The van der Waals surface area contributed by atoms with E-state index in [0.29, 0.717) is 22.9 Å². The highest BCUT2D eigenvalue weighted by Crippen LogP contribution is 2.32. The predicted octanol–water partition coefficient (Wildman–Crippen LogP) is 3.46. The van der Waals surface area contributed by atoms with Gasteiger partial charge in [-0.15, -0.1) is 5.10 Å². The number of hydrogen-bond donors (Lipinski definition) is 0. The molecule has 0 fully saturated rings. The lowest BCUT2D eigenvalue weighted by molar-refractivity contribution is 0.0962. The first-order valence-corrected chi connectivity index (χ1v) is 9.11. The molecule has 0 bridgehead atoms. The molecule has 0 amide bonds. The zero-order chi connectivity index (χ0) is 16.7. The summed E-state index contributed by atoms with van der Waals surface area (Å²) in [6.07, 6.45) is 3.08. The van der Waals surface area contributed by atoms with Crippen LogP contribution in [0, 0.1) is 6.92 Å². The number of ketones is 1. The third-order valence-electron chi connectivity index (χ3n) is 4.39. The van der Waals surface area contributed by atoms with Gasteiger partial charge in [-0.1, -0.05) is 48.5 Å². The Hall–Kier alpha value is -2.21. The highest BCUT2D eigenvalue weighted by atomic mass is 32.2. The van der Waals surface area contributed by atoms with Crippen molar-refractivity contribution in [1.82, 2.24) is 19.6 Å². The van der Waals surface area contributed by atoms with Crippen molar-refractivity contribution in [3.05, 3.63) is 52.8 Å². The Bertz CT molecular complexity index is 917. The smallest absolute Gasteiger partial charge is 0.253 e. The van der Waals surface area contributed by atoms with Crippen LogP contribution in [-0.2, 0) is 6.42 Å². The quantitative estimate of drug-likeness (QED) is 0.685. The van der Waals surface area contributed by atoms with Gasteiger partial charge in [0.1, 0.15) is 0 Å². The van der Waals surface area contributed by atoms with E-state index in [2.05, 4.69) is 53.2 Å². The molecule has 2 aromatic heterocycles. The number of aryl methyl sites for hydroxylation is 1. The molecule has 0 N–H and O–H groups in total. The number of carbonyl (C=O) groups excluding carboxylic acids is 1. The molecule has 0 saturated heterocycles. The van der Waals surface area contributed by atoms with E-state index >= 15 is 0 Å². The third-order valence-corrected chi connectivity index (χ3v) is 5.11. The molecule has 2 heterocycles. The maximum Gasteiger partial charge on any atom is 0.253 e. The standard InChI is InChI=1S/C18H18N4OS/c1-3-24-18-20-17-19-15-8-13(12-6-4-11(2)5-7-12)9-16(23)14(15)10-22(17)21-18/h4-7,10,13H,3,8-9H2,1-2H3/t13-/m0/s1. The number of aromatic nitrogens is 4. The topological polar surface area (TPSA) is 60.1 Å². The van der Waals surface area contributed by atoms with Crippen LogP contribution >= 0.6 is 11.8 Å². The van der Waals surface area contributed by atoms with Gasteiger partial charge in [0.05, 0.1) is 11.3 Å². The fourth-order valence-electron chi connectivity index (χ4n) is 3.13. The first-order chi connectivity index (χ1) is 11.6.